The molecular formula is C16H13Cl2N5O. The van der Waals surface area contributed by atoms with Gasteiger partial charge in [0.25, 0.3) is 5.91 Å². The van der Waals surface area contributed by atoms with Gasteiger partial charge in [-0.2, -0.15) is 5.10 Å². The van der Waals surface area contributed by atoms with E-state index in [0.29, 0.717) is 27.2 Å². The molecule has 1 amide bonds. The Hall–Kier alpha value is -2.57. The highest BCUT2D eigenvalue weighted by Crippen LogP contribution is 2.26. The lowest BCUT2D eigenvalue weighted by Gasteiger charge is -2.07. The first-order chi connectivity index (χ1) is 11.5. The van der Waals surface area contributed by atoms with E-state index >= 15 is 0 Å². The molecule has 0 atom stereocenters. The molecule has 2 heterocycles. The molecule has 3 rings (SSSR count). The number of benzene rings is 1. The van der Waals surface area contributed by atoms with E-state index in [2.05, 4.69) is 15.4 Å². The summed E-state index contributed by atoms with van der Waals surface area (Å²) in [5.41, 5.74) is 7.48. The summed E-state index contributed by atoms with van der Waals surface area (Å²) in [6.07, 6.45) is 1.44. The molecule has 8 heteroatoms. The van der Waals surface area contributed by atoms with Crippen LogP contribution in [0.4, 0.5) is 11.6 Å². The van der Waals surface area contributed by atoms with Crippen molar-refractivity contribution >= 4 is 40.7 Å². The first kappa shape index (κ1) is 16.3. The van der Waals surface area contributed by atoms with Crippen LogP contribution in [-0.4, -0.2) is 20.7 Å². The summed E-state index contributed by atoms with van der Waals surface area (Å²) in [5.74, 6) is 0.166. The Kier molecular flexibility index (Phi) is 4.42. The second-order valence-electron chi connectivity index (χ2n) is 5.02. The largest absolute Gasteiger partial charge is 0.383 e. The van der Waals surface area contributed by atoms with Crippen LogP contribution in [0.1, 0.15) is 16.1 Å². The average Bonchev–Trinajstić information content (AvgIpc) is 2.85. The van der Waals surface area contributed by atoms with Gasteiger partial charge >= 0.3 is 0 Å². The number of amides is 1. The Labute approximate surface area is 148 Å². The molecule has 0 unspecified atom stereocenters. The summed E-state index contributed by atoms with van der Waals surface area (Å²) >= 11 is 12.0. The zero-order valence-corrected chi connectivity index (χ0v) is 14.1. The third kappa shape index (κ3) is 3.06. The Bertz CT molecular complexity index is 905. The number of para-hydroxylation sites is 1. The number of nitrogen functional groups attached to an aromatic ring is 1. The van der Waals surface area contributed by atoms with Crippen LogP contribution in [-0.2, 0) is 0 Å². The minimum atomic E-state index is -0.405. The molecule has 1 aromatic carbocycles. The van der Waals surface area contributed by atoms with Crippen LogP contribution < -0.4 is 11.1 Å². The number of carbonyl (C=O) groups is 1. The van der Waals surface area contributed by atoms with Crippen LogP contribution in [0, 0.1) is 6.92 Å². The van der Waals surface area contributed by atoms with Gasteiger partial charge in [-0.3, -0.25) is 4.79 Å². The van der Waals surface area contributed by atoms with E-state index in [4.69, 9.17) is 28.9 Å². The predicted molar refractivity (Wildman–Crippen MR) is 94.9 cm³/mol. The minimum Gasteiger partial charge on any atom is -0.383 e. The molecule has 0 fully saturated rings. The normalized spacial score (nSPS) is 10.6. The lowest BCUT2D eigenvalue weighted by atomic mass is 10.2. The molecule has 3 N–H and O–H groups in total. The van der Waals surface area contributed by atoms with Crippen molar-refractivity contribution in [3.8, 4) is 5.69 Å². The number of pyridine rings is 1. The fourth-order valence-electron chi connectivity index (χ4n) is 2.26. The zero-order valence-electron chi connectivity index (χ0n) is 12.6. The van der Waals surface area contributed by atoms with Crippen LogP contribution in [0.5, 0.6) is 0 Å². The van der Waals surface area contributed by atoms with Crippen molar-refractivity contribution < 1.29 is 4.79 Å². The quantitative estimate of drug-likeness (QED) is 0.744. The van der Waals surface area contributed by atoms with E-state index in [1.165, 1.54) is 10.9 Å². The van der Waals surface area contributed by atoms with Crippen LogP contribution >= 0.6 is 23.2 Å². The Morgan fingerprint density at radius 2 is 1.96 bits per heavy atom. The summed E-state index contributed by atoms with van der Waals surface area (Å²) in [7, 11) is 0. The summed E-state index contributed by atoms with van der Waals surface area (Å²) < 4.78 is 1.45. The number of nitrogens with zero attached hydrogens (tertiary/aromatic N) is 3. The van der Waals surface area contributed by atoms with Gasteiger partial charge in [0.05, 0.1) is 21.4 Å². The minimum absolute atomic E-state index is 0.201. The van der Waals surface area contributed by atoms with E-state index in [1.807, 2.05) is 6.07 Å². The lowest BCUT2D eigenvalue weighted by Crippen LogP contribution is -2.15. The van der Waals surface area contributed by atoms with Gasteiger partial charge in [0, 0.05) is 6.20 Å². The van der Waals surface area contributed by atoms with E-state index < -0.39 is 5.91 Å². The number of hydrogen-bond donors (Lipinski definition) is 2. The number of halogens is 2. The SMILES string of the molecule is Cc1nn(-c2ccccc2Cl)c(N)c1C(=O)Nc1ccc(Cl)cn1. The van der Waals surface area contributed by atoms with Gasteiger partial charge in [0.1, 0.15) is 17.2 Å². The average molecular weight is 362 g/mol. The number of aromatic nitrogens is 3. The molecule has 0 bridgehead atoms. The third-order valence-corrected chi connectivity index (χ3v) is 3.92. The maximum Gasteiger partial charge on any atom is 0.262 e. The fraction of sp³-hybridized carbons (Fsp3) is 0.0625. The summed E-state index contributed by atoms with van der Waals surface area (Å²) in [6.45, 7) is 1.70. The molecule has 2 aromatic heterocycles. The van der Waals surface area contributed by atoms with Crippen molar-refractivity contribution in [3.05, 3.63) is 63.9 Å². The molecule has 0 aliphatic rings. The molecule has 0 aliphatic heterocycles. The van der Waals surface area contributed by atoms with Gasteiger partial charge in [-0.15, -0.1) is 0 Å². The van der Waals surface area contributed by atoms with E-state index in [9.17, 15) is 4.79 Å². The zero-order chi connectivity index (χ0) is 17.3. The Morgan fingerprint density at radius 1 is 1.21 bits per heavy atom. The summed E-state index contributed by atoms with van der Waals surface area (Å²) in [4.78, 5) is 16.5. The number of nitrogens with two attached hydrogens (primary N) is 1. The van der Waals surface area contributed by atoms with Gasteiger partial charge in [0.2, 0.25) is 0 Å². The lowest BCUT2D eigenvalue weighted by molar-refractivity contribution is 0.102. The summed E-state index contributed by atoms with van der Waals surface area (Å²) in [6, 6.07) is 10.4. The van der Waals surface area contributed by atoms with Crippen LogP contribution in [0.2, 0.25) is 10.0 Å². The topological polar surface area (TPSA) is 85.8 Å². The standard InChI is InChI=1S/C16H13Cl2N5O/c1-9-14(16(24)21-13-7-6-10(17)8-20-13)15(19)23(22-9)12-5-3-2-4-11(12)18/h2-8H,19H2,1H3,(H,20,21,24). The number of rotatable bonds is 3. The van der Waals surface area contributed by atoms with E-state index in [0.717, 1.165) is 0 Å². The van der Waals surface area contributed by atoms with E-state index in [1.54, 1.807) is 37.3 Å². The molecule has 3 aromatic rings. The van der Waals surface area contributed by atoms with E-state index in [-0.39, 0.29) is 11.4 Å². The molecule has 0 radical (unpaired) electrons. The van der Waals surface area contributed by atoms with Gasteiger partial charge in [0.15, 0.2) is 0 Å². The summed E-state index contributed by atoms with van der Waals surface area (Å²) in [5, 5.41) is 7.96. The highest BCUT2D eigenvalue weighted by atomic mass is 35.5. The van der Waals surface area contributed by atoms with Crippen LogP contribution in [0.3, 0.4) is 0 Å². The van der Waals surface area contributed by atoms with Gasteiger partial charge in [-0.1, -0.05) is 35.3 Å². The van der Waals surface area contributed by atoms with Gasteiger partial charge in [-0.05, 0) is 31.2 Å². The second kappa shape index (κ2) is 6.51. The number of anilines is 2. The molecular weight excluding hydrogens is 349 g/mol. The van der Waals surface area contributed by atoms with Crippen LogP contribution in [0.15, 0.2) is 42.6 Å². The van der Waals surface area contributed by atoms with Gasteiger partial charge in [-0.25, -0.2) is 9.67 Å². The molecule has 122 valence electrons. The smallest absolute Gasteiger partial charge is 0.262 e. The monoisotopic (exact) mass is 361 g/mol. The van der Waals surface area contributed by atoms with Crippen molar-refractivity contribution in [1.29, 1.82) is 0 Å². The predicted octanol–water partition coefficient (Wildman–Crippen LogP) is 3.72. The first-order valence-electron chi connectivity index (χ1n) is 7.00. The molecule has 6 nitrogen and oxygen atoms in total. The van der Waals surface area contributed by atoms with Crippen molar-refractivity contribution in [2.45, 2.75) is 6.92 Å². The van der Waals surface area contributed by atoms with Gasteiger partial charge < -0.3 is 11.1 Å². The second-order valence-corrected chi connectivity index (χ2v) is 5.87. The number of aryl methyl sites for hydroxylation is 1. The van der Waals surface area contributed by atoms with Crippen LogP contribution in [0.25, 0.3) is 5.69 Å². The van der Waals surface area contributed by atoms with Crippen molar-refractivity contribution in [1.82, 2.24) is 14.8 Å². The molecule has 0 spiro atoms. The highest BCUT2D eigenvalue weighted by Gasteiger charge is 2.21. The number of nitrogens with one attached hydrogen (secondary N) is 1. The third-order valence-electron chi connectivity index (χ3n) is 3.37. The maximum absolute atomic E-state index is 12.5. The maximum atomic E-state index is 12.5. The Morgan fingerprint density at radius 3 is 2.62 bits per heavy atom. The van der Waals surface area contributed by atoms with Crippen molar-refractivity contribution in [2.75, 3.05) is 11.1 Å². The first-order valence-corrected chi connectivity index (χ1v) is 7.76. The Balaban J connectivity index is 1.96. The molecule has 0 saturated carbocycles. The fourth-order valence-corrected chi connectivity index (χ4v) is 2.59. The highest BCUT2D eigenvalue weighted by molar-refractivity contribution is 6.32. The molecule has 0 saturated heterocycles. The number of hydrogen-bond acceptors (Lipinski definition) is 4. The number of carbonyl (C=O) groups excluding carboxylic acids is 1. The molecule has 24 heavy (non-hydrogen) atoms. The van der Waals surface area contributed by atoms with Crippen molar-refractivity contribution in [2.24, 2.45) is 0 Å². The van der Waals surface area contributed by atoms with Crippen molar-refractivity contribution in [3.63, 3.8) is 0 Å². The molecule has 0 aliphatic carbocycles.